The van der Waals surface area contributed by atoms with Gasteiger partial charge in [0.2, 0.25) is 11.9 Å². The molecule has 3 rings (SSSR count). The summed E-state index contributed by atoms with van der Waals surface area (Å²) in [6.45, 7) is 7.33. The van der Waals surface area contributed by atoms with Crippen LogP contribution < -0.4 is 21.5 Å². The van der Waals surface area contributed by atoms with Gasteiger partial charge in [-0.2, -0.15) is 4.98 Å². The number of allylic oxidation sites excluding steroid dienone is 2. The van der Waals surface area contributed by atoms with Gasteiger partial charge < -0.3 is 19.7 Å². The molecule has 1 amide bonds. The molecule has 0 bridgehead atoms. The Bertz CT molecular complexity index is 1060. The Labute approximate surface area is 169 Å². The summed E-state index contributed by atoms with van der Waals surface area (Å²) in [7, 11) is 4.77. The Kier molecular flexibility index (Phi) is 5.92. The SMILES string of the molecule is CC(C)=CCn1c(N2CCNCC2)nc2c1c(=O)n(CC(=O)N(C)C)c(=O)n2C. The van der Waals surface area contributed by atoms with Crippen molar-refractivity contribution in [2.24, 2.45) is 7.05 Å². The van der Waals surface area contributed by atoms with Crippen LogP contribution in [0.2, 0.25) is 0 Å². The summed E-state index contributed by atoms with van der Waals surface area (Å²) in [6.07, 6.45) is 2.02. The molecule has 1 fully saturated rings. The van der Waals surface area contributed by atoms with E-state index in [9.17, 15) is 14.4 Å². The molecule has 10 nitrogen and oxygen atoms in total. The molecule has 0 aliphatic carbocycles. The molecule has 0 spiro atoms. The van der Waals surface area contributed by atoms with E-state index < -0.39 is 11.2 Å². The molecule has 0 radical (unpaired) electrons. The molecule has 1 saturated heterocycles. The lowest BCUT2D eigenvalue weighted by Crippen LogP contribution is -2.45. The number of rotatable bonds is 5. The predicted molar refractivity (Wildman–Crippen MR) is 112 cm³/mol. The lowest BCUT2D eigenvalue weighted by atomic mass is 10.3. The van der Waals surface area contributed by atoms with Gasteiger partial charge in [0.05, 0.1) is 0 Å². The van der Waals surface area contributed by atoms with E-state index in [0.29, 0.717) is 23.7 Å². The maximum absolute atomic E-state index is 13.3. The molecular formula is C19H29N7O3. The highest BCUT2D eigenvalue weighted by molar-refractivity contribution is 5.77. The second-order valence-electron chi connectivity index (χ2n) is 7.73. The number of nitrogens with zero attached hydrogens (tertiary/aromatic N) is 6. The van der Waals surface area contributed by atoms with Crippen LogP contribution in [0.3, 0.4) is 0 Å². The number of hydrogen-bond donors (Lipinski definition) is 1. The molecule has 29 heavy (non-hydrogen) atoms. The van der Waals surface area contributed by atoms with E-state index in [1.165, 1.54) is 9.47 Å². The average Bonchev–Trinajstić information content (AvgIpc) is 3.08. The zero-order valence-corrected chi connectivity index (χ0v) is 17.7. The number of aryl methyl sites for hydroxylation is 1. The first-order valence-electron chi connectivity index (χ1n) is 9.71. The summed E-state index contributed by atoms with van der Waals surface area (Å²) < 4.78 is 4.20. The fourth-order valence-electron chi connectivity index (χ4n) is 3.33. The van der Waals surface area contributed by atoms with Crippen LogP contribution in [0.25, 0.3) is 11.2 Å². The molecule has 10 heteroatoms. The van der Waals surface area contributed by atoms with Gasteiger partial charge in [-0.25, -0.2) is 9.36 Å². The second kappa shape index (κ2) is 8.24. The molecule has 1 aliphatic heterocycles. The van der Waals surface area contributed by atoms with Crippen molar-refractivity contribution in [1.82, 2.24) is 28.9 Å². The summed E-state index contributed by atoms with van der Waals surface area (Å²) in [5.74, 6) is 0.351. The van der Waals surface area contributed by atoms with Gasteiger partial charge in [0.15, 0.2) is 11.2 Å². The van der Waals surface area contributed by atoms with Crippen molar-refractivity contribution in [3.8, 4) is 0 Å². The summed E-state index contributed by atoms with van der Waals surface area (Å²) in [6, 6.07) is 0. The highest BCUT2D eigenvalue weighted by Gasteiger charge is 2.24. The van der Waals surface area contributed by atoms with Crippen molar-refractivity contribution < 1.29 is 4.79 Å². The molecule has 0 unspecified atom stereocenters. The van der Waals surface area contributed by atoms with Gasteiger partial charge in [-0.15, -0.1) is 0 Å². The first-order chi connectivity index (χ1) is 13.7. The Morgan fingerprint density at radius 3 is 2.41 bits per heavy atom. The first kappa shape index (κ1) is 20.8. The van der Waals surface area contributed by atoms with E-state index in [1.807, 2.05) is 24.5 Å². The van der Waals surface area contributed by atoms with E-state index in [0.717, 1.165) is 36.3 Å². The third-order valence-electron chi connectivity index (χ3n) is 5.09. The van der Waals surface area contributed by atoms with Crippen LogP contribution in [0.1, 0.15) is 13.8 Å². The zero-order chi connectivity index (χ0) is 21.3. The minimum absolute atomic E-state index is 0.300. The second-order valence-corrected chi connectivity index (χ2v) is 7.73. The lowest BCUT2D eigenvalue weighted by molar-refractivity contribution is -0.129. The van der Waals surface area contributed by atoms with Gasteiger partial charge in [0.25, 0.3) is 5.56 Å². The van der Waals surface area contributed by atoms with E-state index in [-0.39, 0.29) is 12.5 Å². The highest BCUT2D eigenvalue weighted by atomic mass is 16.2. The largest absolute Gasteiger partial charge is 0.347 e. The third kappa shape index (κ3) is 3.98. The Morgan fingerprint density at radius 2 is 1.83 bits per heavy atom. The molecule has 2 aromatic rings. The Hall–Kier alpha value is -2.88. The number of nitrogens with one attached hydrogen (secondary N) is 1. The number of anilines is 1. The first-order valence-corrected chi connectivity index (χ1v) is 9.71. The molecule has 158 valence electrons. The quantitative estimate of drug-likeness (QED) is 0.667. The summed E-state index contributed by atoms with van der Waals surface area (Å²) in [5.41, 5.74) is 0.755. The number of hydrogen-bond acceptors (Lipinski definition) is 6. The van der Waals surface area contributed by atoms with E-state index in [1.54, 1.807) is 21.1 Å². The van der Waals surface area contributed by atoms with Gasteiger partial charge in [0.1, 0.15) is 6.54 Å². The van der Waals surface area contributed by atoms with Crippen molar-refractivity contribution in [3.63, 3.8) is 0 Å². The average molecular weight is 403 g/mol. The van der Waals surface area contributed by atoms with Crippen LogP contribution in [0.4, 0.5) is 5.95 Å². The molecule has 0 atom stereocenters. The standard InChI is InChI=1S/C19H29N7O3/c1-13(2)6-9-25-15-16(21-18(25)24-10-7-20-8-11-24)23(5)19(29)26(17(15)28)12-14(27)22(3)4/h6,20H,7-12H2,1-5H3. The number of imidazole rings is 1. The van der Waals surface area contributed by atoms with Crippen LogP contribution in [-0.4, -0.2) is 69.8 Å². The fourth-order valence-corrected chi connectivity index (χ4v) is 3.33. The minimum atomic E-state index is -0.545. The summed E-state index contributed by atoms with van der Waals surface area (Å²) in [4.78, 5) is 46.4. The summed E-state index contributed by atoms with van der Waals surface area (Å²) in [5, 5.41) is 3.31. The maximum atomic E-state index is 13.3. The fraction of sp³-hybridized carbons (Fsp3) is 0.579. The van der Waals surface area contributed by atoms with Crippen LogP contribution >= 0.6 is 0 Å². The molecule has 3 heterocycles. The third-order valence-corrected chi connectivity index (χ3v) is 5.09. The van der Waals surface area contributed by atoms with Crippen LogP contribution in [0, 0.1) is 0 Å². The van der Waals surface area contributed by atoms with Crippen LogP contribution in [-0.2, 0) is 24.9 Å². The van der Waals surface area contributed by atoms with E-state index in [4.69, 9.17) is 0 Å². The number of aromatic nitrogens is 4. The van der Waals surface area contributed by atoms with Crippen molar-refractivity contribution in [2.45, 2.75) is 26.9 Å². The maximum Gasteiger partial charge on any atom is 0.332 e. The minimum Gasteiger partial charge on any atom is -0.347 e. The van der Waals surface area contributed by atoms with Crippen LogP contribution in [0.5, 0.6) is 0 Å². The highest BCUT2D eigenvalue weighted by Crippen LogP contribution is 2.20. The molecule has 2 aromatic heterocycles. The Morgan fingerprint density at radius 1 is 1.17 bits per heavy atom. The summed E-state index contributed by atoms with van der Waals surface area (Å²) >= 11 is 0. The molecule has 0 saturated carbocycles. The predicted octanol–water partition coefficient (Wildman–Crippen LogP) is -0.639. The number of likely N-dealkylation sites (N-methyl/N-ethyl adjacent to an activating group) is 1. The number of piperazine rings is 1. The lowest BCUT2D eigenvalue weighted by Gasteiger charge is -2.28. The topological polar surface area (TPSA) is 97.4 Å². The molecule has 1 N–H and O–H groups in total. The molecule has 1 aliphatic rings. The monoisotopic (exact) mass is 403 g/mol. The van der Waals surface area contributed by atoms with Gasteiger partial charge >= 0.3 is 5.69 Å². The number of carbonyl (C=O) groups is 1. The van der Waals surface area contributed by atoms with E-state index >= 15 is 0 Å². The Balaban J connectivity index is 2.27. The van der Waals surface area contributed by atoms with Gasteiger partial charge in [-0.3, -0.25) is 14.2 Å². The van der Waals surface area contributed by atoms with Crippen molar-refractivity contribution >= 4 is 23.0 Å². The van der Waals surface area contributed by atoms with Crippen molar-refractivity contribution in [2.75, 3.05) is 45.2 Å². The van der Waals surface area contributed by atoms with Gasteiger partial charge in [-0.1, -0.05) is 11.6 Å². The van der Waals surface area contributed by atoms with Gasteiger partial charge in [0, 0.05) is 53.9 Å². The van der Waals surface area contributed by atoms with E-state index in [2.05, 4.69) is 15.2 Å². The van der Waals surface area contributed by atoms with Crippen molar-refractivity contribution in [3.05, 3.63) is 32.5 Å². The zero-order valence-electron chi connectivity index (χ0n) is 17.7. The van der Waals surface area contributed by atoms with Crippen LogP contribution in [0.15, 0.2) is 21.2 Å². The smallest absolute Gasteiger partial charge is 0.332 e. The number of carbonyl (C=O) groups excluding carboxylic acids is 1. The molecular weight excluding hydrogens is 374 g/mol. The van der Waals surface area contributed by atoms with Crippen molar-refractivity contribution in [1.29, 1.82) is 0 Å². The number of amides is 1. The normalized spacial score (nSPS) is 14.3. The molecule has 0 aromatic carbocycles. The van der Waals surface area contributed by atoms with Gasteiger partial charge in [-0.05, 0) is 13.8 Å². The number of fused-ring (bicyclic) bond motifs is 1.